The van der Waals surface area contributed by atoms with E-state index >= 15 is 0 Å². The lowest BCUT2D eigenvalue weighted by molar-refractivity contribution is 0.102. The summed E-state index contributed by atoms with van der Waals surface area (Å²) >= 11 is 0. The lowest BCUT2D eigenvalue weighted by Crippen LogP contribution is -2.21. The molecule has 0 aliphatic rings. The molecule has 8 heteroatoms. The summed E-state index contributed by atoms with van der Waals surface area (Å²) in [6.45, 7) is 7.93. The third kappa shape index (κ3) is 4.39. The van der Waals surface area contributed by atoms with E-state index in [1.165, 1.54) is 12.1 Å². The maximum atomic E-state index is 14.2. The molecule has 3 aromatic carbocycles. The van der Waals surface area contributed by atoms with E-state index in [4.69, 9.17) is 5.26 Å². The molecular formula is C25H23FN6O. The molecule has 4 rings (SSSR count). The average Bonchev–Trinajstić information content (AvgIpc) is 3.23. The van der Waals surface area contributed by atoms with Crippen molar-refractivity contribution in [1.82, 2.24) is 15.0 Å². The highest BCUT2D eigenvalue weighted by Crippen LogP contribution is 2.24. The average molecular weight is 442 g/mol. The Morgan fingerprint density at radius 3 is 2.33 bits per heavy atom. The molecule has 0 radical (unpaired) electrons. The first-order chi connectivity index (χ1) is 15.9. The van der Waals surface area contributed by atoms with E-state index in [0.717, 1.165) is 36.1 Å². The molecule has 0 unspecified atom stereocenters. The number of amides is 1. The number of aromatic nitrogens is 3. The predicted molar refractivity (Wildman–Crippen MR) is 126 cm³/mol. The summed E-state index contributed by atoms with van der Waals surface area (Å²) in [7, 11) is 0. The van der Waals surface area contributed by atoms with E-state index in [9.17, 15) is 9.18 Å². The van der Waals surface area contributed by atoms with E-state index < -0.39 is 11.7 Å². The Morgan fingerprint density at radius 2 is 1.73 bits per heavy atom. The van der Waals surface area contributed by atoms with Crippen molar-refractivity contribution in [3.8, 4) is 11.8 Å². The minimum Gasteiger partial charge on any atom is -0.372 e. The van der Waals surface area contributed by atoms with Crippen LogP contribution in [0.2, 0.25) is 0 Å². The van der Waals surface area contributed by atoms with Gasteiger partial charge in [-0.25, -0.2) is 4.39 Å². The first-order valence-electron chi connectivity index (χ1n) is 10.7. The van der Waals surface area contributed by atoms with Gasteiger partial charge in [0.2, 0.25) is 0 Å². The van der Waals surface area contributed by atoms with Gasteiger partial charge in [-0.05, 0) is 80.9 Å². The van der Waals surface area contributed by atoms with Gasteiger partial charge in [0.25, 0.3) is 5.91 Å². The van der Waals surface area contributed by atoms with Crippen LogP contribution < -0.4 is 10.2 Å². The van der Waals surface area contributed by atoms with Crippen LogP contribution in [0.3, 0.4) is 0 Å². The van der Waals surface area contributed by atoms with Gasteiger partial charge in [-0.15, -0.1) is 10.2 Å². The molecule has 0 saturated heterocycles. The molecular weight excluding hydrogens is 419 g/mol. The van der Waals surface area contributed by atoms with Gasteiger partial charge in [-0.1, -0.05) is 0 Å². The fourth-order valence-electron chi connectivity index (χ4n) is 3.66. The lowest BCUT2D eigenvalue weighted by Gasteiger charge is -2.20. The first-order valence-corrected chi connectivity index (χ1v) is 10.7. The van der Waals surface area contributed by atoms with Gasteiger partial charge in [-0.2, -0.15) is 10.1 Å². The smallest absolute Gasteiger partial charge is 0.258 e. The fourth-order valence-corrected chi connectivity index (χ4v) is 3.66. The molecule has 0 aliphatic carbocycles. The Bertz CT molecular complexity index is 1370. The van der Waals surface area contributed by atoms with Crippen molar-refractivity contribution in [3.05, 3.63) is 77.1 Å². The van der Waals surface area contributed by atoms with Crippen LogP contribution in [0.4, 0.5) is 15.8 Å². The molecule has 4 aromatic rings. The van der Waals surface area contributed by atoms with Gasteiger partial charge in [0.05, 0.1) is 22.9 Å². The summed E-state index contributed by atoms with van der Waals surface area (Å²) < 4.78 is 14.2. The summed E-state index contributed by atoms with van der Waals surface area (Å²) in [5.41, 5.74) is 4.55. The minimum absolute atomic E-state index is 0.134. The number of carbonyl (C=O) groups excluding carboxylic acids is 1. The molecule has 1 amide bonds. The highest BCUT2D eigenvalue weighted by atomic mass is 19.1. The lowest BCUT2D eigenvalue weighted by atomic mass is 10.1. The van der Waals surface area contributed by atoms with Crippen LogP contribution in [0.15, 0.2) is 54.6 Å². The van der Waals surface area contributed by atoms with Crippen LogP contribution in [0.5, 0.6) is 0 Å². The van der Waals surface area contributed by atoms with Crippen LogP contribution in [-0.4, -0.2) is 34.0 Å². The molecule has 0 bridgehead atoms. The number of nitrogens with zero attached hydrogens (tertiary/aromatic N) is 5. The maximum Gasteiger partial charge on any atom is 0.258 e. The Morgan fingerprint density at radius 1 is 1.06 bits per heavy atom. The standard InChI is InChI=1S/C25H23FN6O/c1-4-31(5-2)18-7-9-19(10-8-18)32-29-23-12-16(3)22(14-24(23)30-32)28-25(33)20-11-6-17(15-27)13-21(20)26/h6-14H,4-5H2,1-3H3,(H,28,33). The molecule has 1 aromatic heterocycles. The van der Waals surface area contributed by atoms with Crippen molar-refractivity contribution in [2.75, 3.05) is 23.3 Å². The highest BCUT2D eigenvalue weighted by molar-refractivity contribution is 6.05. The monoisotopic (exact) mass is 442 g/mol. The largest absolute Gasteiger partial charge is 0.372 e. The van der Waals surface area contributed by atoms with Gasteiger partial charge in [-0.3, -0.25) is 4.79 Å². The van der Waals surface area contributed by atoms with Crippen LogP contribution in [-0.2, 0) is 0 Å². The molecule has 0 saturated carbocycles. The van der Waals surface area contributed by atoms with Gasteiger partial charge < -0.3 is 10.2 Å². The zero-order valence-corrected chi connectivity index (χ0v) is 18.6. The summed E-state index contributed by atoms with van der Waals surface area (Å²) in [6.07, 6.45) is 0. The minimum atomic E-state index is -0.746. The SMILES string of the molecule is CCN(CC)c1ccc(-n2nc3cc(C)c(NC(=O)c4ccc(C#N)cc4F)cc3n2)cc1. The normalized spacial score (nSPS) is 10.8. The quantitative estimate of drug-likeness (QED) is 0.462. The van der Waals surface area contributed by atoms with E-state index in [1.807, 2.05) is 43.3 Å². The number of hydrogen-bond donors (Lipinski definition) is 1. The van der Waals surface area contributed by atoms with E-state index in [2.05, 4.69) is 34.3 Å². The summed E-state index contributed by atoms with van der Waals surface area (Å²) in [6, 6.07) is 17.2. The molecule has 7 nitrogen and oxygen atoms in total. The molecule has 166 valence electrons. The Balaban J connectivity index is 1.60. The van der Waals surface area contributed by atoms with Crippen molar-refractivity contribution in [2.45, 2.75) is 20.8 Å². The second-order valence-electron chi connectivity index (χ2n) is 7.59. The number of benzene rings is 3. The molecule has 33 heavy (non-hydrogen) atoms. The van der Waals surface area contributed by atoms with Crippen LogP contribution in [0.25, 0.3) is 16.7 Å². The van der Waals surface area contributed by atoms with Gasteiger partial charge in [0.15, 0.2) is 0 Å². The number of carbonyl (C=O) groups is 1. The Labute approximate surface area is 191 Å². The molecule has 1 N–H and O–H groups in total. The number of nitriles is 1. The number of aryl methyl sites for hydroxylation is 1. The van der Waals surface area contributed by atoms with Crippen molar-refractivity contribution in [1.29, 1.82) is 5.26 Å². The third-order valence-electron chi connectivity index (χ3n) is 5.53. The molecule has 0 spiro atoms. The second kappa shape index (κ2) is 9.09. The number of halogens is 1. The fraction of sp³-hybridized carbons (Fsp3) is 0.200. The topological polar surface area (TPSA) is 86.8 Å². The van der Waals surface area contributed by atoms with E-state index in [1.54, 1.807) is 10.9 Å². The van der Waals surface area contributed by atoms with Crippen molar-refractivity contribution < 1.29 is 9.18 Å². The highest BCUT2D eigenvalue weighted by Gasteiger charge is 2.15. The van der Waals surface area contributed by atoms with Gasteiger partial charge >= 0.3 is 0 Å². The molecule has 0 fully saturated rings. The molecule has 0 aliphatic heterocycles. The maximum absolute atomic E-state index is 14.2. The molecule has 1 heterocycles. The van der Waals surface area contributed by atoms with E-state index in [-0.39, 0.29) is 11.1 Å². The summed E-state index contributed by atoms with van der Waals surface area (Å²) in [5, 5.41) is 20.7. The number of fused-ring (bicyclic) bond motifs is 1. The Hall–Kier alpha value is -4.25. The number of hydrogen-bond acceptors (Lipinski definition) is 5. The number of anilines is 2. The summed E-state index contributed by atoms with van der Waals surface area (Å²) in [4.78, 5) is 16.4. The number of nitrogens with one attached hydrogen (secondary N) is 1. The predicted octanol–water partition coefficient (Wildman–Crippen LogP) is 4.84. The van der Waals surface area contributed by atoms with Crippen molar-refractivity contribution in [2.24, 2.45) is 0 Å². The van der Waals surface area contributed by atoms with Gasteiger partial charge in [0, 0.05) is 24.5 Å². The molecule has 0 atom stereocenters. The second-order valence-corrected chi connectivity index (χ2v) is 7.59. The summed E-state index contributed by atoms with van der Waals surface area (Å²) in [5.74, 6) is -1.34. The van der Waals surface area contributed by atoms with Crippen LogP contribution in [0.1, 0.15) is 35.3 Å². The van der Waals surface area contributed by atoms with Gasteiger partial charge in [0.1, 0.15) is 16.9 Å². The number of rotatable bonds is 6. The van der Waals surface area contributed by atoms with Crippen LogP contribution >= 0.6 is 0 Å². The van der Waals surface area contributed by atoms with E-state index in [0.29, 0.717) is 16.7 Å². The van der Waals surface area contributed by atoms with Crippen molar-refractivity contribution in [3.63, 3.8) is 0 Å². The van der Waals surface area contributed by atoms with Crippen molar-refractivity contribution >= 4 is 28.3 Å². The Kier molecular flexibility index (Phi) is 6.05. The van der Waals surface area contributed by atoms with Crippen LogP contribution in [0, 0.1) is 24.1 Å². The zero-order valence-electron chi connectivity index (χ0n) is 18.6. The first kappa shape index (κ1) is 22.0. The zero-order chi connectivity index (χ0) is 23.5. The third-order valence-corrected chi connectivity index (χ3v) is 5.53.